The number of carbonyl (C=O) groups excluding carboxylic acids is 1. The summed E-state index contributed by atoms with van der Waals surface area (Å²) in [7, 11) is 1.60. The van der Waals surface area contributed by atoms with Crippen molar-refractivity contribution in [2.75, 3.05) is 12.4 Å². The molecule has 0 aliphatic heterocycles. The number of ether oxygens (including phenoxy) is 1. The molecule has 1 aromatic carbocycles. The molecule has 3 heterocycles. The molecule has 1 N–H and O–H groups in total. The molecule has 4 rings (SSSR count). The number of nitrogens with one attached hydrogen (secondary N) is 1. The van der Waals surface area contributed by atoms with Crippen LogP contribution in [-0.2, 0) is 11.2 Å². The molecule has 0 atom stereocenters. The summed E-state index contributed by atoms with van der Waals surface area (Å²) in [5.74, 6) is 2.03. The fourth-order valence-electron chi connectivity index (χ4n) is 3.42. The Morgan fingerprint density at radius 3 is 2.73 bits per heavy atom. The van der Waals surface area contributed by atoms with Gasteiger partial charge >= 0.3 is 0 Å². The number of amides is 1. The van der Waals surface area contributed by atoms with Crippen LogP contribution < -0.4 is 10.1 Å². The highest BCUT2D eigenvalue weighted by Crippen LogP contribution is 2.20. The predicted molar refractivity (Wildman–Crippen MR) is 112 cm³/mol. The van der Waals surface area contributed by atoms with Gasteiger partial charge in [-0.15, -0.1) is 15.3 Å². The highest BCUT2D eigenvalue weighted by Gasteiger charge is 2.16. The van der Waals surface area contributed by atoms with Crippen LogP contribution >= 0.6 is 0 Å². The van der Waals surface area contributed by atoms with Gasteiger partial charge in [-0.25, -0.2) is 4.68 Å². The van der Waals surface area contributed by atoms with Crippen molar-refractivity contribution in [2.24, 2.45) is 0 Å². The van der Waals surface area contributed by atoms with Crippen molar-refractivity contribution >= 4 is 17.2 Å². The molecule has 9 heteroatoms. The number of nitrogens with zero attached hydrogens (tertiary/aromatic N) is 6. The molecule has 0 fully saturated rings. The number of methoxy groups -OCH3 is 1. The van der Waals surface area contributed by atoms with Crippen molar-refractivity contribution in [3.8, 4) is 11.6 Å². The van der Waals surface area contributed by atoms with E-state index in [2.05, 4.69) is 25.7 Å². The van der Waals surface area contributed by atoms with Crippen LogP contribution in [0.1, 0.15) is 29.2 Å². The molecular weight excluding hydrogens is 382 g/mol. The van der Waals surface area contributed by atoms with E-state index < -0.39 is 0 Å². The number of rotatable bonds is 6. The molecule has 0 radical (unpaired) electrons. The van der Waals surface area contributed by atoms with Crippen molar-refractivity contribution < 1.29 is 9.53 Å². The van der Waals surface area contributed by atoms with Crippen LogP contribution in [0.4, 0.5) is 5.69 Å². The van der Waals surface area contributed by atoms with E-state index in [0.29, 0.717) is 41.6 Å². The molecule has 0 spiro atoms. The third-order valence-electron chi connectivity index (χ3n) is 5.02. The average Bonchev–Trinajstić information content (AvgIpc) is 3.25. The second kappa shape index (κ2) is 7.94. The predicted octanol–water partition coefficient (Wildman–Crippen LogP) is 2.82. The summed E-state index contributed by atoms with van der Waals surface area (Å²) in [4.78, 5) is 12.4. The van der Waals surface area contributed by atoms with Crippen LogP contribution in [0.2, 0.25) is 0 Å². The van der Waals surface area contributed by atoms with Gasteiger partial charge in [-0.2, -0.15) is 9.61 Å². The second-order valence-corrected chi connectivity index (χ2v) is 7.05. The van der Waals surface area contributed by atoms with Crippen LogP contribution in [0.15, 0.2) is 36.4 Å². The van der Waals surface area contributed by atoms with Crippen molar-refractivity contribution in [1.29, 1.82) is 0 Å². The van der Waals surface area contributed by atoms with Crippen LogP contribution in [0.25, 0.3) is 11.5 Å². The number of hydrogen-bond donors (Lipinski definition) is 1. The number of aromatic nitrogens is 6. The van der Waals surface area contributed by atoms with Gasteiger partial charge < -0.3 is 10.1 Å². The zero-order chi connectivity index (χ0) is 21.3. The van der Waals surface area contributed by atoms with Crippen LogP contribution in [0.5, 0.6) is 5.75 Å². The zero-order valence-corrected chi connectivity index (χ0v) is 17.4. The number of hydrogen-bond acceptors (Lipinski definition) is 6. The van der Waals surface area contributed by atoms with E-state index >= 15 is 0 Å². The van der Waals surface area contributed by atoms with Crippen molar-refractivity contribution in [2.45, 2.75) is 33.6 Å². The van der Waals surface area contributed by atoms with Gasteiger partial charge in [-0.1, -0.05) is 6.07 Å². The van der Waals surface area contributed by atoms with E-state index in [4.69, 9.17) is 4.74 Å². The molecule has 0 aliphatic rings. The standard InChI is InChI=1S/C21H23N7O2/c1-13-18(8-11-21(29)22-16-6-5-7-17(12-16)30-4)14(2)27(25-13)20-10-9-19-24-23-15(3)28(19)26-20/h5-7,9-10,12H,8,11H2,1-4H3,(H,22,29). The summed E-state index contributed by atoms with van der Waals surface area (Å²) in [5, 5.41) is 20.2. The van der Waals surface area contributed by atoms with Crippen LogP contribution in [-0.4, -0.2) is 42.6 Å². The summed E-state index contributed by atoms with van der Waals surface area (Å²) >= 11 is 0. The Morgan fingerprint density at radius 2 is 1.93 bits per heavy atom. The van der Waals surface area contributed by atoms with Gasteiger partial charge in [-0.3, -0.25) is 4.79 Å². The molecule has 9 nitrogen and oxygen atoms in total. The molecule has 4 aromatic rings. The molecule has 3 aromatic heterocycles. The molecule has 154 valence electrons. The third kappa shape index (κ3) is 3.73. The number of carbonyl (C=O) groups is 1. The SMILES string of the molecule is COc1cccc(NC(=O)CCc2c(C)nn(-c3ccc4nnc(C)n4n3)c2C)c1. The largest absolute Gasteiger partial charge is 0.497 e. The first-order valence-corrected chi connectivity index (χ1v) is 9.64. The van der Waals surface area contributed by atoms with E-state index in [0.717, 1.165) is 17.0 Å². The Bertz CT molecular complexity index is 1230. The maximum Gasteiger partial charge on any atom is 0.224 e. The Labute approximate surface area is 173 Å². The highest BCUT2D eigenvalue weighted by atomic mass is 16.5. The van der Waals surface area contributed by atoms with E-state index in [9.17, 15) is 4.79 Å². The summed E-state index contributed by atoms with van der Waals surface area (Å²) < 4.78 is 8.68. The van der Waals surface area contributed by atoms with E-state index in [1.54, 1.807) is 22.4 Å². The van der Waals surface area contributed by atoms with Crippen molar-refractivity contribution in [3.05, 3.63) is 59.2 Å². The highest BCUT2D eigenvalue weighted by molar-refractivity contribution is 5.91. The smallest absolute Gasteiger partial charge is 0.224 e. The van der Waals surface area contributed by atoms with Gasteiger partial charge in [0.25, 0.3) is 0 Å². The lowest BCUT2D eigenvalue weighted by Gasteiger charge is -2.08. The van der Waals surface area contributed by atoms with Crippen LogP contribution in [0, 0.1) is 20.8 Å². The third-order valence-corrected chi connectivity index (χ3v) is 5.02. The molecule has 0 aliphatic carbocycles. The first-order valence-electron chi connectivity index (χ1n) is 9.64. The molecule has 30 heavy (non-hydrogen) atoms. The maximum atomic E-state index is 12.4. The van der Waals surface area contributed by atoms with Crippen molar-refractivity contribution in [3.63, 3.8) is 0 Å². The van der Waals surface area contributed by atoms with Crippen LogP contribution in [0.3, 0.4) is 0 Å². The maximum absolute atomic E-state index is 12.4. The summed E-state index contributed by atoms with van der Waals surface area (Å²) in [6, 6.07) is 11.0. The number of anilines is 1. The first-order chi connectivity index (χ1) is 14.5. The van der Waals surface area contributed by atoms with E-state index in [1.807, 2.05) is 51.1 Å². The normalized spacial score (nSPS) is 11.1. The lowest BCUT2D eigenvalue weighted by atomic mass is 10.1. The quantitative estimate of drug-likeness (QED) is 0.530. The van der Waals surface area contributed by atoms with Crippen molar-refractivity contribution in [1.82, 2.24) is 29.6 Å². The van der Waals surface area contributed by atoms with Gasteiger partial charge in [-0.05, 0) is 57.0 Å². The molecule has 1 amide bonds. The molecule has 0 saturated heterocycles. The monoisotopic (exact) mass is 405 g/mol. The Hall–Kier alpha value is -3.75. The lowest BCUT2D eigenvalue weighted by Crippen LogP contribution is -2.13. The molecular formula is C21H23N7O2. The zero-order valence-electron chi connectivity index (χ0n) is 17.4. The molecule has 0 unspecified atom stereocenters. The number of aryl methyl sites for hydroxylation is 2. The summed E-state index contributed by atoms with van der Waals surface area (Å²) in [5.41, 5.74) is 4.28. The fourth-order valence-corrected chi connectivity index (χ4v) is 3.42. The van der Waals surface area contributed by atoms with Gasteiger partial charge in [0.2, 0.25) is 5.91 Å². The molecule has 0 bridgehead atoms. The van der Waals surface area contributed by atoms with Gasteiger partial charge in [0.1, 0.15) is 5.75 Å². The molecule has 0 saturated carbocycles. The lowest BCUT2D eigenvalue weighted by molar-refractivity contribution is -0.116. The Kier molecular flexibility index (Phi) is 5.18. The minimum Gasteiger partial charge on any atom is -0.497 e. The van der Waals surface area contributed by atoms with E-state index in [-0.39, 0.29) is 5.91 Å². The first kappa shape index (κ1) is 19.6. The number of fused-ring (bicyclic) bond motifs is 1. The minimum absolute atomic E-state index is 0.0607. The Morgan fingerprint density at radius 1 is 1.10 bits per heavy atom. The van der Waals surface area contributed by atoms with Gasteiger partial charge in [0.15, 0.2) is 17.3 Å². The fraction of sp³-hybridized carbons (Fsp3) is 0.286. The summed E-state index contributed by atoms with van der Waals surface area (Å²) in [6.07, 6.45) is 0.933. The number of benzene rings is 1. The minimum atomic E-state index is -0.0607. The summed E-state index contributed by atoms with van der Waals surface area (Å²) in [6.45, 7) is 5.78. The van der Waals surface area contributed by atoms with E-state index in [1.165, 1.54) is 0 Å². The Balaban J connectivity index is 1.50. The average molecular weight is 405 g/mol. The van der Waals surface area contributed by atoms with Gasteiger partial charge in [0, 0.05) is 23.9 Å². The van der Waals surface area contributed by atoms with Gasteiger partial charge in [0.05, 0.1) is 12.8 Å². The second-order valence-electron chi connectivity index (χ2n) is 7.05. The topological polar surface area (TPSA) is 99.2 Å².